The van der Waals surface area contributed by atoms with Crippen molar-refractivity contribution >= 4 is 5.91 Å². The van der Waals surface area contributed by atoms with Crippen molar-refractivity contribution in [2.24, 2.45) is 5.92 Å². The van der Waals surface area contributed by atoms with Crippen molar-refractivity contribution in [1.29, 1.82) is 5.26 Å². The van der Waals surface area contributed by atoms with E-state index in [2.05, 4.69) is 25.1 Å². The second-order valence-corrected chi connectivity index (χ2v) is 4.59. The smallest absolute Gasteiger partial charge is 0.239 e. The second-order valence-electron chi connectivity index (χ2n) is 4.59. The molecule has 0 aromatic heterocycles. The van der Waals surface area contributed by atoms with Gasteiger partial charge in [0, 0.05) is 13.6 Å². The monoisotopic (exact) mass is 244 g/mol. The lowest BCUT2D eigenvalue weighted by molar-refractivity contribution is -0.132. The fourth-order valence-electron chi connectivity index (χ4n) is 1.86. The van der Waals surface area contributed by atoms with Crippen LogP contribution >= 0.6 is 0 Å². The summed E-state index contributed by atoms with van der Waals surface area (Å²) in [6, 6.07) is 10.3. The molecule has 0 bridgehead atoms. The Labute approximate surface area is 109 Å². The van der Waals surface area contributed by atoms with Gasteiger partial charge in [-0.2, -0.15) is 5.26 Å². The number of carbonyl (C=O) groups excluding carboxylic acids is 1. The molecule has 1 aromatic rings. The molecule has 96 valence electrons. The number of hydrogen-bond donors (Lipinski definition) is 0. The van der Waals surface area contributed by atoms with E-state index in [-0.39, 0.29) is 5.91 Å². The molecule has 3 nitrogen and oxygen atoms in total. The fraction of sp³-hybridized carbons (Fsp3) is 0.467. The summed E-state index contributed by atoms with van der Waals surface area (Å²) in [5.74, 6) is -0.583. The lowest BCUT2D eigenvalue weighted by Crippen LogP contribution is -2.33. The maximum Gasteiger partial charge on any atom is 0.239 e. The van der Waals surface area contributed by atoms with Crippen molar-refractivity contribution in [3.05, 3.63) is 35.4 Å². The molecule has 0 aliphatic carbocycles. The highest BCUT2D eigenvalue weighted by molar-refractivity contribution is 5.80. The molecule has 0 N–H and O–H groups in total. The third-order valence-corrected chi connectivity index (χ3v) is 3.06. The van der Waals surface area contributed by atoms with Crippen molar-refractivity contribution in [2.75, 3.05) is 13.6 Å². The van der Waals surface area contributed by atoms with E-state index in [1.165, 1.54) is 11.1 Å². The predicted molar refractivity (Wildman–Crippen MR) is 71.9 cm³/mol. The van der Waals surface area contributed by atoms with Crippen LogP contribution in [0.15, 0.2) is 24.3 Å². The maximum absolute atomic E-state index is 11.9. The Morgan fingerprint density at radius 1 is 1.50 bits per heavy atom. The zero-order chi connectivity index (χ0) is 13.5. The molecule has 1 rings (SSSR count). The van der Waals surface area contributed by atoms with E-state index in [1.807, 2.05) is 19.1 Å². The lowest BCUT2D eigenvalue weighted by atomic mass is 10.1. The first-order valence-corrected chi connectivity index (χ1v) is 6.28. The lowest BCUT2D eigenvalue weighted by Gasteiger charge is -2.19. The molecule has 0 radical (unpaired) electrons. The number of nitriles is 1. The minimum absolute atomic E-state index is 0.0762. The van der Waals surface area contributed by atoms with E-state index >= 15 is 0 Å². The summed E-state index contributed by atoms with van der Waals surface area (Å²) >= 11 is 0. The second kappa shape index (κ2) is 6.80. The first kappa shape index (κ1) is 14.2. The van der Waals surface area contributed by atoms with Gasteiger partial charge in [-0.3, -0.25) is 4.79 Å². The molecule has 0 spiro atoms. The first-order chi connectivity index (χ1) is 8.58. The Morgan fingerprint density at radius 3 is 2.78 bits per heavy atom. The Hall–Kier alpha value is -1.82. The largest absolute Gasteiger partial charge is 0.344 e. The van der Waals surface area contributed by atoms with Crippen molar-refractivity contribution < 1.29 is 4.79 Å². The standard InChI is InChI=1S/C15H20N2O/c1-4-14(11-16)15(18)17(3)9-8-13-7-5-6-12(2)10-13/h5-7,10,14H,4,8-9H2,1-3H3. The van der Waals surface area contributed by atoms with Crippen molar-refractivity contribution in [1.82, 2.24) is 4.90 Å². The number of amides is 1. The van der Waals surface area contributed by atoms with Gasteiger partial charge in [-0.1, -0.05) is 36.8 Å². The molecule has 0 saturated heterocycles. The normalized spacial score (nSPS) is 11.7. The van der Waals surface area contributed by atoms with Crippen LogP contribution in [-0.2, 0) is 11.2 Å². The van der Waals surface area contributed by atoms with E-state index in [9.17, 15) is 4.79 Å². The first-order valence-electron chi connectivity index (χ1n) is 6.28. The Kier molecular flexibility index (Phi) is 5.38. The minimum Gasteiger partial charge on any atom is -0.344 e. The summed E-state index contributed by atoms with van der Waals surface area (Å²) in [6.07, 6.45) is 1.40. The molecule has 0 aliphatic rings. The van der Waals surface area contributed by atoms with E-state index in [1.54, 1.807) is 11.9 Å². The van der Waals surface area contributed by atoms with Crippen LogP contribution in [0.4, 0.5) is 0 Å². The van der Waals surface area contributed by atoms with Gasteiger partial charge in [-0.15, -0.1) is 0 Å². The van der Waals surface area contributed by atoms with Crippen LogP contribution in [0, 0.1) is 24.2 Å². The number of nitrogens with zero attached hydrogens (tertiary/aromatic N) is 2. The summed E-state index contributed by atoms with van der Waals surface area (Å²) in [5.41, 5.74) is 2.45. The van der Waals surface area contributed by atoms with Gasteiger partial charge in [0.25, 0.3) is 0 Å². The average Bonchev–Trinajstić information content (AvgIpc) is 2.37. The fourth-order valence-corrected chi connectivity index (χ4v) is 1.86. The van der Waals surface area contributed by atoms with Gasteiger partial charge in [0.05, 0.1) is 6.07 Å². The van der Waals surface area contributed by atoms with Crippen LogP contribution in [0.3, 0.4) is 0 Å². The third-order valence-electron chi connectivity index (χ3n) is 3.06. The van der Waals surface area contributed by atoms with E-state index < -0.39 is 5.92 Å². The van der Waals surface area contributed by atoms with Crippen LogP contribution in [0.2, 0.25) is 0 Å². The zero-order valence-electron chi connectivity index (χ0n) is 11.3. The molecule has 1 unspecified atom stereocenters. The maximum atomic E-state index is 11.9. The van der Waals surface area contributed by atoms with Crippen molar-refractivity contribution in [2.45, 2.75) is 26.7 Å². The summed E-state index contributed by atoms with van der Waals surface area (Å²) in [6.45, 7) is 4.57. The highest BCUT2D eigenvalue weighted by Crippen LogP contribution is 2.08. The van der Waals surface area contributed by atoms with Gasteiger partial charge < -0.3 is 4.90 Å². The SMILES string of the molecule is CCC(C#N)C(=O)N(C)CCc1cccc(C)c1. The number of hydrogen-bond acceptors (Lipinski definition) is 2. The molecule has 0 fully saturated rings. The molecule has 1 amide bonds. The average molecular weight is 244 g/mol. The number of benzene rings is 1. The zero-order valence-corrected chi connectivity index (χ0v) is 11.3. The van der Waals surface area contributed by atoms with Crippen LogP contribution in [0.25, 0.3) is 0 Å². The van der Waals surface area contributed by atoms with Gasteiger partial charge in [0.15, 0.2) is 0 Å². The van der Waals surface area contributed by atoms with Gasteiger partial charge in [0.2, 0.25) is 5.91 Å². The number of likely N-dealkylation sites (N-methyl/N-ethyl adjacent to an activating group) is 1. The summed E-state index contributed by atoms with van der Waals surface area (Å²) in [5, 5.41) is 8.87. The van der Waals surface area contributed by atoms with Crippen molar-refractivity contribution in [3.8, 4) is 6.07 Å². The van der Waals surface area contributed by atoms with Crippen LogP contribution in [-0.4, -0.2) is 24.4 Å². The molecule has 1 aromatic carbocycles. The third kappa shape index (κ3) is 3.89. The summed E-state index contributed by atoms with van der Waals surface area (Å²) < 4.78 is 0. The predicted octanol–water partition coefficient (Wildman–Crippen LogP) is 2.55. The molecule has 0 heterocycles. The van der Waals surface area contributed by atoms with Crippen LogP contribution in [0.5, 0.6) is 0 Å². The number of rotatable bonds is 5. The van der Waals surface area contributed by atoms with Gasteiger partial charge in [-0.25, -0.2) is 0 Å². The molecule has 18 heavy (non-hydrogen) atoms. The van der Waals surface area contributed by atoms with Gasteiger partial charge in [-0.05, 0) is 25.3 Å². The van der Waals surface area contributed by atoms with E-state index in [4.69, 9.17) is 5.26 Å². The molecular formula is C15H20N2O. The topological polar surface area (TPSA) is 44.1 Å². The van der Waals surface area contributed by atoms with Crippen LogP contribution in [0.1, 0.15) is 24.5 Å². The molecular weight excluding hydrogens is 224 g/mol. The molecule has 1 atom stereocenters. The summed E-state index contributed by atoms with van der Waals surface area (Å²) in [4.78, 5) is 13.5. The minimum atomic E-state index is -0.507. The Bertz CT molecular complexity index is 448. The van der Waals surface area contributed by atoms with E-state index in [0.717, 1.165) is 6.42 Å². The molecule has 3 heteroatoms. The Morgan fingerprint density at radius 2 is 2.22 bits per heavy atom. The van der Waals surface area contributed by atoms with Gasteiger partial charge in [0.1, 0.15) is 5.92 Å². The van der Waals surface area contributed by atoms with Crippen LogP contribution < -0.4 is 0 Å². The van der Waals surface area contributed by atoms with Crippen molar-refractivity contribution in [3.63, 3.8) is 0 Å². The van der Waals surface area contributed by atoms with Gasteiger partial charge >= 0.3 is 0 Å². The highest BCUT2D eigenvalue weighted by Gasteiger charge is 2.19. The molecule has 0 saturated carbocycles. The number of carbonyl (C=O) groups is 1. The van der Waals surface area contributed by atoms with E-state index in [0.29, 0.717) is 13.0 Å². The quantitative estimate of drug-likeness (QED) is 0.799. The highest BCUT2D eigenvalue weighted by atomic mass is 16.2. The molecule has 0 aliphatic heterocycles. The number of aryl methyl sites for hydroxylation is 1. The summed E-state index contributed by atoms with van der Waals surface area (Å²) in [7, 11) is 1.76. The Balaban J connectivity index is 2.53.